The molecule has 2 N–H and O–H groups in total. The van der Waals surface area contributed by atoms with E-state index in [4.69, 9.17) is 4.74 Å². The third kappa shape index (κ3) is 5.75. The molecule has 142 valence electrons. The zero-order chi connectivity index (χ0) is 19.8. The predicted molar refractivity (Wildman–Crippen MR) is 104 cm³/mol. The number of anilines is 1. The van der Waals surface area contributed by atoms with Crippen molar-refractivity contribution in [2.45, 2.75) is 26.8 Å². The van der Waals surface area contributed by atoms with Gasteiger partial charge in [-0.05, 0) is 31.1 Å². The second kappa shape index (κ2) is 9.63. The van der Waals surface area contributed by atoms with Crippen LogP contribution in [-0.4, -0.2) is 29.4 Å². The first kappa shape index (κ1) is 20.3. The lowest BCUT2D eigenvalue weighted by Crippen LogP contribution is -2.22. The van der Waals surface area contributed by atoms with Crippen LogP contribution < -0.4 is 10.6 Å². The summed E-state index contributed by atoms with van der Waals surface area (Å²) in [5, 5.41) is 5.75. The highest BCUT2D eigenvalue weighted by Gasteiger charge is 2.18. The maximum absolute atomic E-state index is 12.4. The van der Waals surface area contributed by atoms with Crippen LogP contribution in [0.4, 0.5) is 5.13 Å². The van der Waals surface area contributed by atoms with Crippen LogP contribution in [0, 0.1) is 6.92 Å². The molecule has 2 rings (SSSR count). The SMILES string of the molecule is C=CC(=O)NCc1ccccc1CC(=O)Nc1nc(C)c(C(=O)OCC)s1. The summed E-state index contributed by atoms with van der Waals surface area (Å²) in [5.41, 5.74) is 2.14. The molecule has 0 unspecified atom stereocenters. The highest BCUT2D eigenvalue weighted by molar-refractivity contribution is 7.17. The Kier molecular flexibility index (Phi) is 7.25. The van der Waals surface area contributed by atoms with E-state index in [0.29, 0.717) is 22.2 Å². The van der Waals surface area contributed by atoms with E-state index in [9.17, 15) is 14.4 Å². The van der Waals surface area contributed by atoms with Gasteiger partial charge in [-0.25, -0.2) is 9.78 Å². The number of thiazole rings is 1. The summed E-state index contributed by atoms with van der Waals surface area (Å²) in [5.74, 6) is -0.989. The zero-order valence-electron chi connectivity index (χ0n) is 15.2. The van der Waals surface area contributed by atoms with Crippen LogP contribution in [0.5, 0.6) is 0 Å². The van der Waals surface area contributed by atoms with Gasteiger partial charge in [-0.2, -0.15) is 0 Å². The van der Waals surface area contributed by atoms with Crippen molar-refractivity contribution >= 4 is 34.3 Å². The number of nitrogens with one attached hydrogen (secondary N) is 2. The molecular weight excluding hydrogens is 366 g/mol. The van der Waals surface area contributed by atoms with Gasteiger partial charge in [-0.3, -0.25) is 9.59 Å². The van der Waals surface area contributed by atoms with Crippen molar-refractivity contribution in [1.82, 2.24) is 10.3 Å². The van der Waals surface area contributed by atoms with E-state index in [1.807, 2.05) is 24.3 Å². The first-order valence-electron chi connectivity index (χ1n) is 8.36. The number of aromatic nitrogens is 1. The Morgan fingerprint density at radius 3 is 2.63 bits per heavy atom. The number of carbonyl (C=O) groups excluding carboxylic acids is 3. The minimum Gasteiger partial charge on any atom is -0.462 e. The Hall–Kier alpha value is -3.00. The summed E-state index contributed by atoms with van der Waals surface area (Å²) in [6.45, 7) is 7.41. The number of esters is 1. The molecule has 27 heavy (non-hydrogen) atoms. The normalized spacial score (nSPS) is 10.1. The topological polar surface area (TPSA) is 97.4 Å². The molecule has 7 nitrogen and oxygen atoms in total. The van der Waals surface area contributed by atoms with E-state index in [1.54, 1.807) is 13.8 Å². The fourth-order valence-electron chi connectivity index (χ4n) is 2.33. The minimum absolute atomic E-state index is 0.119. The summed E-state index contributed by atoms with van der Waals surface area (Å²) >= 11 is 1.08. The van der Waals surface area contributed by atoms with Crippen LogP contribution in [0.3, 0.4) is 0 Å². The summed E-state index contributed by atoms with van der Waals surface area (Å²) in [7, 11) is 0. The Balaban J connectivity index is 2.04. The fraction of sp³-hybridized carbons (Fsp3) is 0.263. The highest BCUT2D eigenvalue weighted by Crippen LogP contribution is 2.23. The van der Waals surface area contributed by atoms with Crippen molar-refractivity contribution in [3.63, 3.8) is 0 Å². The fourth-order valence-corrected chi connectivity index (χ4v) is 3.21. The Morgan fingerprint density at radius 2 is 1.96 bits per heavy atom. The average Bonchev–Trinajstić information content (AvgIpc) is 3.00. The van der Waals surface area contributed by atoms with Gasteiger partial charge in [0.25, 0.3) is 0 Å². The summed E-state index contributed by atoms with van der Waals surface area (Å²) in [6.07, 6.45) is 1.31. The summed E-state index contributed by atoms with van der Waals surface area (Å²) in [4.78, 5) is 40.1. The van der Waals surface area contributed by atoms with E-state index in [2.05, 4.69) is 22.2 Å². The first-order valence-corrected chi connectivity index (χ1v) is 9.17. The van der Waals surface area contributed by atoms with Gasteiger partial charge in [0.1, 0.15) is 4.88 Å². The van der Waals surface area contributed by atoms with Gasteiger partial charge in [-0.1, -0.05) is 42.2 Å². The second-order valence-electron chi connectivity index (χ2n) is 5.57. The van der Waals surface area contributed by atoms with Crippen LogP contribution in [0.15, 0.2) is 36.9 Å². The van der Waals surface area contributed by atoms with E-state index < -0.39 is 5.97 Å². The number of aryl methyl sites for hydroxylation is 1. The molecule has 0 radical (unpaired) electrons. The van der Waals surface area contributed by atoms with Crippen molar-refractivity contribution in [2.75, 3.05) is 11.9 Å². The van der Waals surface area contributed by atoms with E-state index in [1.165, 1.54) is 6.08 Å². The lowest BCUT2D eigenvalue weighted by atomic mass is 10.0. The van der Waals surface area contributed by atoms with Crippen LogP contribution >= 0.6 is 11.3 Å². The first-order chi connectivity index (χ1) is 12.9. The van der Waals surface area contributed by atoms with Gasteiger partial charge in [-0.15, -0.1) is 0 Å². The molecule has 2 aromatic rings. The molecule has 0 aliphatic heterocycles. The van der Waals surface area contributed by atoms with Crippen molar-refractivity contribution in [1.29, 1.82) is 0 Å². The van der Waals surface area contributed by atoms with Gasteiger partial charge < -0.3 is 15.4 Å². The Bertz CT molecular complexity index is 860. The van der Waals surface area contributed by atoms with Crippen LogP contribution in [0.1, 0.15) is 33.4 Å². The Morgan fingerprint density at radius 1 is 1.26 bits per heavy atom. The van der Waals surface area contributed by atoms with E-state index in [-0.39, 0.29) is 24.8 Å². The minimum atomic E-state index is -0.448. The van der Waals surface area contributed by atoms with E-state index in [0.717, 1.165) is 22.5 Å². The summed E-state index contributed by atoms with van der Waals surface area (Å²) in [6, 6.07) is 7.34. The molecular formula is C19H21N3O4S. The van der Waals surface area contributed by atoms with Crippen LogP contribution in [0.25, 0.3) is 0 Å². The van der Waals surface area contributed by atoms with Crippen LogP contribution in [-0.2, 0) is 27.3 Å². The van der Waals surface area contributed by atoms with Gasteiger partial charge >= 0.3 is 5.97 Å². The number of hydrogen-bond donors (Lipinski definition) is 2. The average molecular weight is 387 g/mol. The highest BCUT2D eigenvalue weighted by atomic mass is 32.1. The van der Waals surface area contributed by atoms with Crippen molar-refractivity contribution in [3.05, 3.63) is 58.6 Å². The molecule has 1 aromatic carbocycles. The number of hydrogen-bond acceptors (Lipinski definition) is 6. The van der Waals surface area contributed by atoms with Crippen LogP contribution in [0.2, 0.25) is 0 Å². The second-order valence-corrected chi connectivity index (χ2v) is 6.57. The number of carbonyl (C=O) groups is 3. The van der Waals surface area contributed by atoms with Crippen molar-refractivity contribution in [3.8, 4) is 0 Å². The third-order valence-electron chi connectivity index (χ3n) is 3.61. The largest absolute Gasteiger partial charge is 0.462 e. The molecule has 0 aliphatic rings. The maximum atomic E-state index is 12.4. The lowest BCUT2D eigenvalue weighted by molar-refractivity contribution is -0.116. The molecule has 0 saturated heterocycles. The quantitative estimate of drug-likeness (QED) is 0.536. The molecule has 8 heteroatoms. The zero-order valence-corrected chi connectivity index (χ0v) is 16.0. The molecule has 0 fully saturated rings. The van der Waals surface area contributed by atoms with Gasteiger partial charge in [0, 0.05) is 6.54 Å². The number of rotatable bonds is 8. The van der Waals surface area contributed by atoms with Gasteiger partial charge in [0.15, 0.2) is 5.13 Å². The standard InChI is InChI=1S/C19H21N3O4S/c1-4-15(23)20-11-14-9-7-6-8-13(14)10-16(24)22-19-21-12(3)17(27-19)18(25)26-5-2/h4,6-9H,1,5,10-11H2,2-3H3,(H,20,23)(H,21,22,24). The van der Waals surface area contributed by atoms with Crippen molar-refractivity contribution < 1.29 is 19.1 Å². The molecule has 1 heterocycles. The van der Waals surface area contributed by atoms with Gasteiger partial charge in [0.2, 0.25) is 11.8 Å². The summed E-state index contributed by atoms with van der Waals surface area (Å²) < 4.78 is 4.97. The lowest BCUT2D eigenvalue weighted by Gasteiger charge is -2.09. The number of amides is 2. The predicted octanol–water partition coefficient (Wildman–Crippen LogP) is 2.61. The van der Waals surface area contributed by atoms with E-state index >= 15 is 0 Å². The van der Waals surface area contributed by atoms with Gasteiger partial charge in [0.05, 0.1) is 18.7 Å². The maximum Gasteiger partial charge on any atom is 0.350 e. The monoisotopic (exact) mass is 387 g/mol. The van der Waals surface area contributed by atoms with Crippen molar-refractivity contribution in [2.24, 2.45) is 0 Å². The number of benzene rings is 1. The molecule has 0 saturated carbocycles. The Labute approximate surface area is 161 Å². The molecule has 0 atom stereocenters. The smallest absolute Gasteiger partial charge is 0.350 e. The molecule has 0 spiro atoms. The number of nitrogens with zero attached hydrogens (tertiary/aromatic N) is 1. The molecule has 0 bridgehead atoms. The third-order valence-corrected chi connectivity index (χ3v) is 4.66. The molecule has 0 aliphatic carbocycles. The molecule has 1 aromatic heterocycles. The number of ether oxygens (including phenoxy) is 1. The molecule has 2 amide bonds.